The lowest BCUT2D eigenvalue weighted by atomic mass is 10.0. The van der Waals surface area contributed by atoms with Gasteiger partial charge in [0.1, 0.15) is 5.82 Å². The van der Waals surface area contributed by atoms with Crippen molar-refractivity contribution in [2.45, 2.75) is 52.2 Å². The van der Waals surface area contributed by atoms with Crippen LogP contribution >= 0.6 is 0 Å². The van der Waals surface area contributed by atoms with Crippen LogP contribution in [0.4, 0.5) is 4.39 Å². The number of carbonyl (C=O) groups is 1. The molecule has 4 heteroatoms. The van der Waals surface area contributed by atoms with Crippen LogP contribution in [0.25, 0.3) is 0 Å². The summed E-state index contributed by atoms with van der Waals surface area (Å²) in [5.41, 5.74) is 0.685. The Kier molecular flexibility index (Phi) is 4.67. The number of nitrogens with one attached hydrogen (secondary N) is 1. The van der Waals surface area contributed by atoms with Gasteiger partial charge in [-0.3, -0.25) is 4.79 Å². The van der Waals surface area contributed by atoms with E-state index in [9.17, 15) is 9.18 Å². The second kappa shape index (κ2) is 6.14. The van der Waals surface area contributed by atoms with Gasteiger partial charge in [-0.25, -0.2) is 4.39 Å². The van der Waals surface area contributed by atoms with Gasteiger partial charge in [0.15, 0.2) is 0 Å². The van der Waals surface area contributed by atoms with Crippen molar-refractivity contribution in [3.05, 3.63) is 35.6 Å². The Morgan fingerprint density at radius 2 is 1.95 bits per heavy atom. The van der Waals surface area contributed by atoms with Gasteiger partial charge in [0.05, 0.1) is 6.04 Å². The molecular formula is C17H25FN2O. The Morgan fingerprint density at radius 1 is 1.33 bits per heavy atom. The van der Waals surface area contributed by atoms with Crippen LogP contribution in [0.3, 0.4) is 0 Å². The summed E-state index contributed by atoms with van der Waals surface area (Å²) < 4.78 is 13.0. The summed E-state index contributed by atoms with van der Waals surface area (Å²) in [4.78, 5) is 14.7. The van der Waals surface area contributed by atoms with Crippen LogP contribution in [0.2, 0.25) is 0 Å². The highest BCUT2D eigenvalue weighted by Gasteiger charge is 2.35. The van der Waals surface area contributed by atoms with Crippen LogP contribution in [0.5, 0.6) is 0 Å². The van der Waals surface area contributed by atoms with Crippen molar-refractivity contribution >= 4 is 5.91 Å². The quantitative estimate of drug-likeness (QED) is 0.929. The van der Waals surface area contributed by atoms with Crippen LogP contribution in [0.15, 0.2) is 24.3 Å². The van der Waals surface area contributed by atoms with E-state index in [1.807, 2.05) is 25.7 Å². The molecule has 1 aromatic rings. The Balaban J connectivity index is 2.15. The van der Waals surface area contributed by atoms with Gasteiger partial charge in [-0.2, -0.15) is 0 Å². The fourth-order valence-electron chi connectivity index (χ4n) is 2.71. The van der Waals surface area contributed by atoms with E-state index in [-0.39, 0.29) is 23.3 Å². The number of benzene rings is 1. The van der Waals surface area contributed by atoms with Crippen molar-refractivity contribution in [3.63, 3.8) is 0 Å². The van der Waals surface area contributed by atoms with Crippen LogP contribution < -0.4 is 5.32 Å². The van der Waals surface area contributed by atoms with E-state index < -0.39 is 0 Å². The molecule has 0 saturated carbocycles. The molecule has 1 aromatic carbocycles. The highest BCUT2D eigenvalue weighted by atomic mass is 19.1. The molecule has 0 aliphatic carbocycles. The van der Waals surface area contributed by atoms with E-state index in [0.29, 0.717) is 12.5 Å². The molecule has 21 heavy (non-hydrogen) atoms. The Bertz CT molecular complexity index is 493. The first-order chi connectivity index (χ1) is 9.77. The maximum absolute atomic E-state index is 13.0. The Labute approximate surface area is 126 Å². The average Bonchev–Trinajstić information content (AvgIpc) is 2.82. The molecule has 2 atom stereocenters. The standard InChI is InChI=1S/C17H25FN2O/c1-12-9-15(19-10-12)16(21)20(17(2,3)4)11-13-5-7-14(18)8-6-13/h5-8,12,15,19H,9-11H2,1-4H3. The minimum Gasteiger partial charge on any atom is -0.332 e. The lowest BCUT2D eigenvalue weighted by molar-refractivity contribution is -0.138. The van der Waals surface area contributed by atoms with Crippen LogP contribution in [-0.4, -0.2) is 28.9 Å². The summed E-state index contributed by atoms with van der Waals surface area (Å²) in [6, 6.07) is 6.27. The highest BCUT2D eigenvalue weighted by molar-refractivity contribution is 5.83. The zero-order chi connectivity index (χ0) is 15.6. The Morgan fingerprint density at radius 3 is 2.43 bits per heavy atom. The number of rotatable bonds is 3. The van der Waals surface area contributed by atoms with Gasteiger partial charge in [0, 0.05) is 12.1 Å². The number of hydrogen-bond donors (Lipinski definition) is 1. The molecule has 1 amide bonds. The minimum atomic E-state index is -0.265. The predicted octanol–water partition coefficient (Wildman–Crippen LogP) is 2.95. The van der Waals surface area contributed by atoms with Gasteiger partial charge in [0.2, 0.25) is 5.91 Å². The lowest BCUT2D eigenvalue weighted by Crippen LogP contribution is -2.51. The van der Waals surface area contributed by atoms with E-state index in [0.717, 1.165) is 18.5 Å². The third kappa shape index (κ3) is 4.03. The molecule has 116 valence electrons. The lowest BCUT2D eigenvalue weighted by Gasteiger charge is -2.37. The summed E-state index contributed by atoms with van der Waals surface area (Å²) in [7, 11) is 0. The van der Waals surface area contributed by atoms with Crippen molar-refractivity contribution in [1.29, 1.82) is 0 Å². The van der Waals surface area contributed by atoms with Crippen molar-refractivity contribution in [3.8, 4) is 0 Å². The number of carbonyl (C=O) groups excluding carboxylic acids is 1. The molecular weight excluding hydrogens is 267 g/mol. The second-order valence-corrected chi connectivity index (χ2v) is 7.02. The molecule has 2 unspecified atom stereocenters. The molecule has 1 fully saturated rings. The molecule has 1 aliphatic rings. The van der Waals surface area contributed by atoms with Crippen molar-refractivity contribution < 1.29 is 9.18 Å². The maximum Gasteiger partial charge on any atom is 0.240 e. The van der Waals surface area contributed by atoms with Crippen molar-refractivity contribution in [1.82, 2.24) is 10.2 Å². The first-order valence-electron chi connectivity index (χ1n) is 7.56. The number of nitrogens with zero attached hydrogens (tertiary/aromatic N) is 1. The van der Waals surface area contributed by atoms with Crippen molar-refractivity contribution in [2.24, 2.45) is 5.92 Å². The summed E-state index contributed by atoms with van der Waals surface area (Å²) in [5.74, 6) is 0.418. The van der Waals surface area contributed by atoms with E-state index >= 15 is 0 Å². The third-order valence-corrected chi connectivity index (χ3v) is 3.98. The molecule has 0 radical (unpaired) electrons. The largest absolute Gasteiger partial charge is 0.332 e. The van der Waals surface area contributed by atoms with Crippen molar-refractivity contribution in [2.75, 3.05) is 6.54 Å². The topological polar surface area (TPSA) is 32.3 Å². The maximum atomic E-state index is 13.0. The van der Waals surface area contributed by atoms with Crippen LogP contribution in [0.1, 0.15) is 39.7 Å². The van der Waals surface area contributed by atoms with Gasteiger partial charge >= 0.3 is 0 Å². The van der Waals surface area contributed by atoms with E-state index in [1.165, 1.54) is 12.1 Å². The third-order valence-electron chi connectivity index (χ3n) is 3.98. The fraction of sp³-hybridized carbons (Fsp3) is 0.588. The molecule has 1 N–H and O–H groups in total. The number of amides is 1. The van der Waals surface area contributed by atoms with E-state index in [4.69, 9.17) is 0 Å². The highest BCUT2D eigenvalue weighted by Crippen LogP contribution is 2.22. The molecule has 0 bridgehead atoms. The van der Waals surface area contributed by atoms with E-state index in [2.05, 4.69) is 12.2 Å². The fourth-order valence-corrected chi connectivity index (χ4v) is 2.71. The van der Waals surface area contributed by atoms with Gasteiger partial charge in [-0.15, -0.1) is 0 Å². The summed E-state index contributed by atoms with van der Waals surface area (Å²) in [6.45, 7) is 9.66. The second-order valence-electron chi connectivity index (χ2n) is 7.02. The molecule has 1 aliphatic heterocycles. The molecule has 0 aromatic heterocycles. The zero-order valence-corrected chi connectivity index (χ0v) is 13.3. The summed E-state index contributed by atoms with van der Waals surface area (Å²) in [5, 5.41) is 3.30. The predicted molar refractivity (Wildman–Crippen MR) is 82.3 cm³/mol. The Hall–Kier alpha value is -1.42. The molecule has 1 heterocycles. The minimum absolute atomic E-state index is 0.0975. The van der Waals surface area contributed by atoms with Gasteiger partial charge in [0.25, 0.3) is 0 Å². The van der Waals surface area contributed by atoms with Gasteiger partial charge in [-0.1, -0.05) is 19.1 Å². The monoisotopic (exact) mass is 292 g/mol. The SMILES string of the molecule is CC1CNC(C(=O)N(Cc2ccc(F)cc2)C(C)(C)C)C1. The first kappa shape index (κ1) is 16.0. The zero-order valence-electron chi connectivity index (χ0n) is 13.3. The summed E-state index contributed by atoms with van der Waals surface area (Å²) >= 11 is 0. The summed E-state index contributed by atoms with van der Waals surface area (Å²) in [6.07, 6.45) is 0.884. The normalized spacial score (nSPS) is 22.3. The van der Waals surface area contributed by atoms with Crippen LogP contribution in [0, 0.1) is 11.7 Å². The molecule has 1 saturated heterocycles. The molecule has 2 rings (SSSR count). The van der Waals surface area contributed by atoms with E-state index in [1.54, 1.807) is 12.1 Å². The molecule has 3 nitrogen and oxygen atoms in total. The smallest absolute Gasteiger partial charge is 0.240 e. The first-order valence-corrected chi connectivity index (χ1v) is 7.56. The average molecular weight is 292 g/mol. The number of halogens is 1. The van der Waals surface area contributed by atoms with Gasteiger partial charge in [-0.05, 0) is 57.4 Å². The molecule has 0 spiro atoms. The number of hydrogen-bond acceptors (Lipinski definition) is 2. The van der Waals surface area contributed by atoms with Gasteiger partial charge < -0.3 is 10.2 Å². The van der Waals surface area contributed by atoms with Crippen LogP contribution in [-0.2, 0) is 11.3 Å².